The maximum atomic E-state index is 12.9. The molecule has 1 aromatic rings. The molecule has 3 aliphatic heterocycles. The molecule has 4 atom stereocenters. The topological polar surface area (TPSA) is 70.1 Å². The Kier molecular flexibility index (Phi) is 3.92. The van der Waals surface area contributed by atoms with Gasteiger partial charge in [0.15, 0.2) is 0 Å². The van der Waals surface area contributed by atoms with Crippen molar-refractivity contribution in [3.05, 3.63) is 30.3 Å². The van der Waals surface area contributed by atoms with E-state index in [1.807, 2.05) is 23.1 Å². The van der Waals surface area contributed by atoms with Crippen LogP contribution in [0.1, 0.15) is 12.8 Å². The molecule has 3 fully saturated rings. The molecule has 1 amide bonds. The zero-order chi connectivity index (χ0) is 16.7. The zero-order valence-electron chi connectivity index (χ0n) is 13.5. The maximum Gasteiger partial charge on any atom is 0.310 e. The minimum Gasteiger partial charge on any atom is -0.481 e. The van der Waals surface area contributed by atoms with Crippen LogP contribution < -0.4 is 4.90 Å². The fraction of sp³-hybridized carbons (Fsp3) is 0.556. The summed E-state index contributed by atoms with van der Waals surface area (Å²) in [4.78, 5) is 28.6. The summed E-state index contributed by atoms with van der Waals surface area (Å²) in [5.74, 6) is -2.13. The molecule has 0 unspecified atom stereocenters. The van der Waals surface area contributed by atoms with Gasteiger partial charge in [0.25, 0.3) is 0 Å². The van der Waals surface area contributed by atoms with Gasteiger partial charge in [-0.1, -0.05) is 18.2 Å². The van der Waals surface area contributed by atoms with Crippen LogP contribution in [-0.2, 0) is 14.3 Å². The molecule has 4 rings (SSSR count). The van der Waals surface area contributed by atoms with Crippen LogP contribution in [0.3, 0.4) is 0 Å². The monoisotopic (exact) mass is 330 g/mol. The highest BCUT2D eigenvalue weighted by Crippen LogP contribution is 2.44. The number of para-hydroxylation sites is 1. The van der Waals surface area contributed by atoms with Gasteiger partial charge in [-0.05, 0) is 25.0 Å². The van der Waals surface area contributed by atoms with Crippen LogP contribution in [0, 0.1) is 11.8 Å². The Labute approximate surface area is 141 Å². The average Bonchev–Trinajstić information content (AvgIpc) is 3.23. The minimum atomic E-state index is -0.900. The Morgan fingerprint density at radius 1 is 0.958 bits per heavy atom. The van der Waals surface area contributed by atoms with Gasteiger partial charge in [0, 0.05) is 31.9 Å². The molecule has 3 aliphatic rings. The molecule has 0 radical (unpaired) electrons. The number of ether oxygens (including phenoxy) is 1. The van der Waals surface area contributed by atoms with Gasteiger partial charge in [-0.25, -0.2) is 0 Å². The van der Waals surface area contributed by atoms with Crippen molar-refractivity contribution in [2.75, 3.05) is 31.1 Å². The van der Waals surface area contributed by atoms with Gasteiger partial charge >= 0.3 is 5.97 Å². The van der Waals surface area contributed by atoms with Crippen molar-refractivity contribution in [3.63, 3.8) is 0 Å². The van der Waals surface area contributed by atoms with E-state index in [9.17, 15) is 14.7 Å². The molecular formula is C18H22N2O4. The first-order chi connectivity index (χ1) is 11.6. The first kappa shape index (κ1) is 15.4. The van der Waals surface area contributed by atoms with E-state index in [-0.39, 0.29) is 18.1 Å². The summed E-state index contributed by atoms with van der Waals surface area (Å²) in [5, 5.41) is 9.48. The van der Waals surface area contributed by atoms with Crippen molar-refractivity contribution in [1.29, 1.82) is 0 Å². The van der Waals surface area contributed by atoms with E-state index in [4.69, 9.17) is 4.74 Å². The average molecular weight is 330 g/mol. The smallest absolute Gasteiger partial charge is 0.310 e. The number of fused-ring (bicyclic) bond motifs is 2. The molecule has 0 aliphatic carbocycles. The van der Waals surface area contributed by atoms with E-state index in [1.165, 1.54) is 0 Å². The van der Waals surface area contributed by atoms with Crippen molar-refractivity contribution < 1.29 is 19.4 Å². The van der Waals surface area contributed by atoms with E-state index < -0.39 is 17.8 Å². The molecule has 0 spiro atoms. The second-order valence-corrected chi connectivity index (χ2v) is 6.83. The molecular weight excluding hydrogens is 308 g/mol. The Morgan fingerprint density at radius 2 is 1.58 bits per heavy atom. The van der Waals surface area contributed by atoms with Crippen molar-refractivity contribution in [1.82, 2.24) is 4.90 Å². The van der Waals surface area contributed by atoms with Gasteiger partial charge in [0.05, 0.1) is 24.0 Å². The molecule has 3 heterocycles. The minimum absolute atomic E-state index is 0.0395. The van der Waals surface area contributed by atoms with E-state index >= 15 is 0 Å². The van der Waals surface area contributed by atoms with Crippen molar-refractivity contribution >= 4 is 17.6 Å². The number of carboxylic acid groups (broad SMARTS) is 1. The molecule has 1 N–H and O–H groups in total. The molecule has 128 valence electrons. The first-order valence-electron chi connectivity index (χ1n) is 8.62. The van der Waals surface area contributed by atoms with E-state index in [1.54, 1.807) is 0 Å². The summed E-state index contributed by atoms with van der Waals surface area (Å²) in [7, 11) is 0. The molecule has 2 bridgehead atoms. The third-order valence-electron chi connectivity index (χ3n) is 5.56. The Bertz CT molecular complexity index is 627. The molecule has 3 saturated heterocycles. The van der Waals surface area contributed by atoms with E-state index in [2.05, 4.69) is 17.0 Å². The predicted octanol–water partition coefficient (Wildman–Crippen LogP) is 1.21. The number of nitrogens with zero attached hydrogens (tertiary/aromatic N) is 2. The quantitative estimate of drug-likeness (QED) is 0.902. The largest absolute Gasteiger partial charge is 0.481 e. The van der Waals surface area contributed by atoms with Gasteiger partial charge in [-0.2, -0.15) is 0 Å². The number of piperazine rings is 1. The highest BCUT2D eigenvalue weighted by atomic mass is 16.5. The third kappa shape index (κ3) is 2.55. The number of rotatable bonds is 3. The number of benzene rings is 1. The van der Waals surface area contributed by atoms with Gasteiger partial charge in [-0.3, -0.25) is 9.59 Å². The number of anilines is 1. The van der Waals surface area contributed by atoms with Gasteiger partial charge < -0.3 is 19.6 Å². The number of aliphatic carboxylic acids is 1. The van der Waals surface area contributed by atoms with E-state index in [0.29, 0.717) is 13.1 Å². The predicted molar refractivity (Wildman–Crippen MR) is 87.7 cm³/mol. The van der Waals surface area contributed by atoms with E-state index in [0.717, 1.165) is 31.6 Å². The van der Waals surface area contributed by atoms with Gasteiger partial charge in [-0.15, -0.1) is 0 Å². The zero-order valence-corrected chi connectivity index (χ0v) is 13.5. The first-order valence-corrected chi connectivity index (χ1v) is 8.62. The maximum absolute atomic E-state index is 12.9. The number of carbonyl (C=O) groups is 2. The second-order valence-electron chi connectivity index (χ2n) is 6.83. The van der Waals surface area contributed by atoms with Crippen molar-refractivity contribution in [3.8, 4) is 0 Å². The number of carboxylic acids is 1. The lowest BCUT2D eigenvalue weighted by atomic mass is 9.78. The highest BCUT2D eigenvalue weighted by Gasteiger charge is 2.56. The van der Waals surface area contributed by atoms with Crippen LogP contribution >= 0.6 is 0 Å². The number of hydrogen-bond donors (Lipinski definition) is 1. The normalized spacial score (nSPS) is 32.2. The van der Waals surface area contributed by atoms with Crippen LogP contribution in [0.4, 0.5) is 5.69 Å². The van der Waals surface area contributed by atoms with Crippen molar-refractivity contribution in [2.45, 2.75) is 25.0 Å². The summed E-state index contributed by atoms with van der Waals surface area (Å²) in [6.07, 6.45) is 1.06. The molecule has 6 nitrogen and oxygen atoms in total. The lowest BCUT2D eigenvalue weighted by Gasteiger charge is -2.38. The summed E-state index contributed by atoms with van der Waals surface area (Å²) >= 11 is 0. The Balaban J connectivity index is 1.42. The molecule has 0 aromatic heterocycles. The van der Waals surface area contributed by atoms with Gasteiger partial charge in [0.1, 0.15) is 0 Å². The third-order valence-corrected chi connectivity index (χ3v) is 5.56. The SMILES string of the molecule is O=C(O)[C@H]1[C@@H](C(=O)N2CCN(c3ccccc3)CC2)[C@H]2CC[C@H]1O2. The molecule has 6 heteroatoms. The summed E-state index contributed by atoms with van der Waals surface area (Å²) in [6, 6.07) is 10.2. The Hall–Kier alpha value is -2.08. The highest BCUT2D eigenvalue weighted by molar-refractivity contribution is 5.86. The molecule has 24 heavy (non-hydrogen) atoms. The summed E-state index contributed by atoms with van der Waals surface area (Å²) < 4.78 is 5.72. The van der Waals surface area contributed by atoms with Crippen LogP contribution in [-0.4, -0.2) is 60.3 Å². The lowest BCUT2D eigenvalue weighted by Crippen LogP contribution is -2.53. The summed E-state index contributed by atoms with van der Waals surface area (Å²) in [6.45, 7) is 2.81. The molecule has 0 saturated carbocycles. The number of amides is 1. The van der Waals surface area contributed by atoms with Crippen LogP contribution in [0.25, 0.3) is 0 Å². The van der Waals surface area contributed by atoms with Crippen molar-refractivity contribution in [2.24, 2.45) is 11.8 Å². The van der Waals surface area contributed by atoms with Crippen LogP contribution in [0.15, 0.2) is 30.3 Å². The number of carbonyl (C=O) groups excluding carboxylic acids is 1. The second kappa shape index (κ2) is 6.09. The Morgan fingerprint density at radius 3 is 2.21 bits per heavy atom. The fourth-order valence-corrected chi connectivity index (χ4v) is 4.34. The summed E-state index contributed by atoms with van der Waals surface area (Å²) in [5.41, 5.74) is 1.16. The van der Waals surface area contributed by atoms with Gasteiger partial charge in [0.2, 0.25) is 5.91 Å². The molecule has 1 aromatic carbocycles. The van der Waals surface area contributed by atoms with Crippen LogP contribution in [0.5, 0.6) is 0 Å². The van der Waals surface area contributed by atoms with Crippen LogP contribution in [0.2, 0.25) is 0 Å². The lowest BCUT2D eigenvalue weighted by molar-refractivity contribution is -0.151. The number of hydrogen-bond acceptors (Lipinski definition) is 4. The standard InChI is InChI=1S/C18H22N2O4/c21-17(15-13-6-7-14(24-13)16(15)18(22)23)20-10-8-19(9-11-20)12-4-2-1-3-5-12/h1-5,13-16H,6-11H2,(H,22,23)/t13-,14-,15+,16-/m1/s1. The fourth-order valence-electron chi connectivity index (χ4n) is 4.34.